The van der Waals surface area contributed by atoms with E-state index in [0.717, 1.165) is 32.1 Å². The van der Waals surface area contributed by atoms with Gasteiger partial charge in [-0.1, -0.05) is 37.6 Å². The van der Waals surface area contributed by atoms with Crippen molar-refractivity contribution in [2.75, 3.05) is 33.2 Å². The van der Waals surface area contributed by atoms with Gasteiger partial charge < -0.3 is 10.6 Å². The predicted molar refractivity (Wildman–Crippen MR) is 119 cm³/mol. The van der Waals surface area contributed by atoms with E-state index in [4.69, 9.17) is 0 Å². The number of hydrogen-bond donors (Lipinski definition) is 2. The lowest BCUT2D eigenvalue weighted by molar-refractivity contribution is 0.221. The van der Waals surface area contributed by atoms with Crippen LogP contribution in [-0.4, -0.2) is 61.1 Å². The molecule has 1 aromatic carbocycles. The van der Waals surface area contributed by atoms with Crippen LogP contribution >= 0.6 is 0 Å². The van der Waals surface area contributed by atoms with Crippen molar-refractivity contribution in [1.29, 1.82) is 0 Å². The molecule has 28 heavy (non-hydrogen) atoms. The normalized spacial score (nSPS) is 24.7. The molecule has 156 valence electrons. The summed E-state index contributed by atoms with van der Waals surface area (Å²) in [5.41, 5.74) is 2.72. The number of hydrogen-bond acceptors (Lipinski definition) is 3. The molecule has 5 nitrogen and oxygen atoms in total. The van der Waals surface area contributed by atoms with Gasteiger partial charge in [0.15, 0.2) is 5.96 Å². The number of piperidine rings is 1. The number of benzene rings is 1. The topological polar surface area (TPSA) is 42.9 Å². The van der Waals surface area contributed by atoms with Crippen LogP contribution in [0, 0.1) is 5.92 Å². The zero-order valence-electron chi connectivity index (χ0n) is 18.2. The monoisotopic (exact) mass is 385 g/mol. The first-order chi connectivity index (χ1) is 13.5. The minimum absolute atomic E-state index is 0.459. The number of rotatable bonds is 6. The van der Waals surface area contributed by atoms with Gasteiger partial charge in [-0.15, -0.1) is 0 Å². The molecule has 2 aliphatic rings. The molecule has 2 unspecified atom stereocenters. The van der Waals surface area contributed by atoms with E-state index < -0.39 is 0 Å². The van der Waals surface area contributed by atoms with Crippen LogP contribution in [-0.2, 0) is 13.1 Å². The van der Waals surface area contributed by atoms with Crippen LogP contribution in [0.25, 0.3) is 0 Å². The molecule has 0 aromatic heterocycles. The highest BCUT2D eigenvalue weighted by Crippen LogP contribution is 2.18. The molecule has 2 aliphatic heterocycles. The molecule has 3 rings (SSSR count). The number of guanidine groups is 1. The van der Waals surface area contributed by atoms with E-state index in [2.05, 4.69) is 70.5 Å². The zero-order valence-corrected chi connectivity index (χ0v) is 18.2. The first-order valence-electron chi connectivity index (χ1n) is 11.1. The Labute approximate surface area is 171 Å². The molecular formula is C23H39N5. The SMILES string of the molecule is CN=C(NCc1ccc(CN2CCCCC2)cc1)NC1CN(C(C)C)CC1C. The lowest BCUT2D eigenvalue weighted by Gasteiger charge is -2.26. The Morgan fingerprint density at radius 2 is 1.75 bits per heavy atom. The summed E-state index contributed by atoms with van der Waals surface area (Å²) in [6.07, 6.45) is 4.09. The summed E-state index contributed by atoms with van der Waals surface area (Å²) in [4.78, 5) is 9.55. The van der Waals surface area contributed by atoms with Crippen molar-refractivity contribution in [3.05, 3.63) is 35.4 Å². The highest BCUT2D eigenvalue weighted by molar-refractivity contribution is 5.80. The fourth-order valence-electron chi connectivity index (χ4n) is 4.31. The Balaban J connectivity index is 1.45. The van der Waals surface area contributed by atoms with Crippen LogP contribution in [0.3, 0.4) is 0 Å². The highest BCUT2D eigenvalue weighted by Gasteiger charge is 2.31. The Morgan fingerprint density at radius 1 is 1.07 bits per heavy atom. The zero-order chi connectivity index (χ0) is 19.9. The first-order valence-corrected chi connectivity index (χ1v) is 11.1. The Hall–Kier alpha value is -1.59. The van der Waals surface area contributed by atoms with Gasteiger partial charge >= 0.3 is 0 Å². The summed E-state index contributed by atoms with van der Waals surface area (Å²) in [5, 5.41) is 7.11. The largest absolute Gasteiger partial charge is 0.352 e. The van der Waals surface area contributed by atoms with Crippen molar-refractivity contribution in [1.82, 2.24) is 20.4 Å². The predicted octanol–water partition coefficient (Wildman–Crippen LogP) is 3.07. The quantitative estimate of drug-likeness (QED) is 0.583. The molecule has 0 aliphatic carbocycles. The second-order valence-corrected chi connectivity index (χ2v) is 8.85. The van der Waals surface area contributed by atoms with Gasteiger partial charge in [0.05, 0.1) is 0 Å². The fourth-order valence-corrected chi connectivity index (χ4v) is 4.31. The number of likely N-dealkylation sites (tertiary alicyclic amines) is 2. The summed E-state index contributed by atoms with van der Waals surface area (Å²) in [7, 11) is 1.86. The molecule has 0 bridgehead atoms. The van der Waals surface area contributed by atoms with Crippen molar-refractivity contribution in [2.24, 2.45) is 10.9 Å². The van der Waals surface area contributed by atoms with E-state index in [1.807, 2.05) is 7.05 Å². The Kier molecular flexibility index (Phi) is 7.74. The second-order valence-electron chi connectivity index (χ2n) is 8.85. The highest BCUT2D eigenvalue weighted by atomic mass is 15.3. The van der Waals surface area contributed by atoms with Crippen molar-refractivity contribution >= 4 is 5.96 Å². The molecule has 0 amide bonds. The molecule has 1 aromatic rings. The van der Waals surface area contributed by atoms with Crippen LogP contribution in [0.5, 0.6) is 0 Å². The van der Waals surface area contributed by atoms with Gasteiger partial charge in [0.1, 0.15) is 0 Å². The van der Waals surface area contributed by atoms with Crippen molar-refractivity contribution < 1.29 is 0 Å². The van der Waals surface area contributed by atoms with Crippen LogP contribution in [0.1, 0.15) is 51.2 Å². The third kappa shape index (κ3) is 5.95. The average molecular weight is 386 g/mol. The van der Waals surface area contributed by atoms with Crippen LogP contribution in [0.2, 0.25) is 0 Å². The van der Waals surface area contributed by atoms with Gasteiger partial charge in [0.2, 0.25) is 0 Å². The molecule has 2 atom stereocenters. The Morgan fingerprint density at radius 3 is 2.36 bits per heavy atom. The third-order valence-corrected chi connectivity index (χ3v) is 6.25. The van der Waals surface area contributed by atoms with E-state index in [1.54, 1.807) is 0 Å². The van der Waals surface area contributed by atoms with Gasteiger partial charge in [-0.3, -0.25) is 14.8 Å². The molecule has 0 spiro atoms. The van der Waals surface area contributed by atoms with Gasteiger partial charge in [0, 0.05) is 45.3 Å². The van der Waals surface area contributed by atoms with Gasteiger partial charge in [-0.2, -0.15) is 0 Å². The molecule has 2 saturated heterocycles. The van der Waals surface area contributed by atoms with Crippen molar-refractivity contribution in [2.45, 2.75) is 65.2 Å². The lowest BCUT2D eigenvalue weighted by atomic mass is 10.1. The van der Waals surface area contributed by atoms with Crippen LogP contribution < -0.4 is 10.6 Å². The second kappa shape index (κ2) is 10.3. The smallest absolute Gasteiger partial charge is 0.191 e. The molecule has 2 N–H and O–H groups in total. The number of aliphatic imine (C=N–C) groups is 1. The maximum Gasteiger partial charge on any atom is 0.191 e. The third-order valence-electron chi connectivity index (χ3n) is 6.25. The van der Waals surface area contributed by atoms with Crippen molar-refractivity contribution in [3.63, 3.8) is 0 Å². The van der Waals surface area contributed by atoms with Gasteiger partial charge in [-0.05, 0) is 56.8 Å². The molecule has 0 radical (unpaired) electrons. The number of nitrogens with zero attached hydrogens (tertiary/aromatic N) is 3. The summed E-state index contributed by atoms with van der Waals surface area (Å²) in [6.45, 7) is 13.5. The summed E-state index contributed by atoms with van der Waals surface area (Å²) >= 11 is 0. The van der Waals surface area contributed by atoms with E-state index in [9.17, 15) is 0 Å². The molecular weight excluding hydrogens is 346 g/mol. The fraction of sp³-hybridized carbons (Fsp3) is 0.696. The molecule has 5 heteroatoms. The van der Waals surface area contributed by atoms with Gasteiger partial charge in [0.25, 0.3) is 0 Å². The lowest BCUT2D eigenvalue weighted by Crippen LogP contribution is -2.46. The minimum atomic E-state index is 0.459. The van der Waals surface area contributed by atoms with E-state index in [1.165, 1.54) is 43.5 Å². The van der Waals surface area contributed by atoms with Crippen molar-refractivity contribution in [3.8, 4) is 0 Å². The molecule has 0 saturated carbocycles. The summed E-state index contributed by atoms with van der Waals surface area (Å²) < 4.78 is 0. The standard InChI is InChI=1S/C23H39N5/c1-18(2)28-15-19(3)22(17-28)26-23(24-4)25-14-20-8-10-21(11-9-20)16-27-12-6-5-7-13-27/h8-11,18-19,22H,5-7,12-17H2,1-4H3,(H2,24,25,26). The van der Waals surface area contributed by atoms with E-state index >= 15 is 0 Å². The van der Waals surface area contributed by atoms with Gasteiger partial charge in [-0.25, -0.2) is 0 Å². The summed E-state index contributed by atoms with van der Waals surface area (Å²) in [5.74, 6) is 1.54. The maximum absolute atomic E-state index is 4.44. The average Bonchev–Trinajstić information content (AvgIpc) is 3.08. The minimum Gasteiger partial charge on any atom is -0.352 e. The van der Waals surface area contributed by atoms with Crippen LogP contribution in [0.4, 0.5) is 0 Å². The van der Waals surface area contributed by atoms with Crippen LogP contribution in [0.15, 0.2) is 29.3 Å². The number of nitrogens with one attached hydrogen (secondary N) is 2. The first kappa shape index (κ1) is 21.1. The molecule has 2 fully saturated rings. The van der Waals surface area contributed by atoms with E-state index in [0.29, 0.717) is 18.0 Å². The maximum atomic E-state index is 4.44. The van der Waals surface area contributed by atoms with E-state index in [-0.39, 0.29) is 0 Å². The Bertz CT molecular complexity index is 618. The summed E-state index contributed by atoms with van der Waals surface area (Å²) in [6, 6.07) is 10.1. The molecule has 2 heterocycles.